The zero-order valence-corrected chi connectivity index (χ0v) is 17.4. The molecule has 0 saturated carbocycles. The Hall–Kier alpha value is -2.62. The average Bonchev–Trinajstić information content (AvgIpc) is 3.13. The first-order valence-corrected chi connectivity index (χ1v) is 10.7. The summed E-state index contributed by atoms with van der Waals surface area (Å²) in [5.74, 6) is 1.10. The minimum atomic E-state index is 0.691. The van der Waals surface area contributed by atoms with Crippen molar-refractivity contribution in [3.8, 4) is 6.07 Å². The standard InChI is InChI=1S/C23H29N5O/c1-3-4-7-18-17(2)19(16-24)23-26-20-8-5-6-9-21(20)28(23)22(18)25-10-11-27-12-14-29-15-13-27/h5-6,8-9,25H,3-4,7,10-15H2,1-2H3/p+1. The molecule has 29 heavy (non-hydrogen) atoms. The van der Waals surface area contributed by atoms with Crippen LogP contribution in [0, 0.1) is 18.3 Å². The SMILES string of the molecule is CCCCc1c(C)c(C#N)c2nc3ccccc3n2c1NCC[NH+]1CCOCC1. The van der Waals surface area contributed by atoms with Crippen LogP contribution in [0.15, 0.2) is 24.3 Å². The van der Waals surface area contributed by atoms with Gasteiger partial charge < -0.3 is 15.0 Å². The van der Waals surface area contributed by atoms with Crippen molar-refractivity contribution in [1.82, 2.24) is 9.38 Å². The molecule has 1 aliphatic rings. The highest BCUT2D eigenvalue weighted by Gasteiger charge is 2.21. The minimum absolute atomic E-state index is 0.691. The lowest BCUT2D eigenvalue weighted by atomic mass is 9.99. The lowest BCUT2D eigenvalue weighted by Gasteiger charge is -2.25. The van der Waals surface area contributed by atoms with Gasteiger partial charge in [0.2, 0.25) is 0 Å². The van der Waals surface area contributed by atoms with Gasteiger partial charge in [-0.15, -0.1) is 0 Å². The first kappa shape index (κ1) is 19.7. The molecule has 4 rings (SSSR count). The molecular formula is C23H30N5O+. The number of ether oxygens (including phenoxy) is 1. The fourth-order valence-electron chi connectivity index (χ4n) is 4.30. The Kier molecular flexibility index (Phi) is 5.98. The number of hydrogen-bond acceptors (Lipinski definition) is 4. The topological polar surface area (TPSA) is 66.8 Å². The number of pyridine rings is 1. The predicted octanol–water partition coefficient (Wildman–Crippen LogP) is 2.34. The van der Waals surface area contributed by atoms with Crippen molar-refractivity contribution in [1.29, 1.82) is 5.26 Å². The maximum absolute atomic E-state index is 9.89. The van der Waals surface area contributed by atoms with Gasteiger partial charge in [0.15, 0.2) is 5.65 Å². The summed E-state index contributed by atoms with van der Waals surface area (Å²) in [4.78, 5) is 6.39. The second-order valence-electron chi connectivity index (χ2n) is 7.84. The van der Waals surface area contributed by atoms with Gasteiger partial charge in [-0.25, -0.2) is 4.98 Å². The van der Waals surface area contributed by atoms with Crippen molar-refractivity contribution in [3.63, 3.8) is 0 Å². The van der Waals surface area contributed by atoms with Gasteiger partial charge in [0.05, 0.1) is 42.9 Å². The number of anilines is 1. The molecule has 6 nitrogen and oxygen atoms in total. The Morgan fingerprint density at radius 3 is 2.83 bits per heavy atom. The van der Waals surface area contributed by atoms with Crippen LogP contribution in [0.4, 0.5) is 5.82 Å². The van der Waals surface area contributed by atoms with E-state index < -0.39 is 0 Å². The second kappa shape index (κ2) is 8.81. The number of rotatable bonds is 7. The number of aromatic nitrogens is 2. The molecule has 1 saturated heterocycles. The van der Waals surface area contributed by atoms with Crippen LogP contribution in [0.25, 0.3) is 16.7 Å². The van der Waals surface area contributed by atoms with Crippen molar-refractivity contribution in [2.45, 2.75) is 33.1 Å². The van der Waals surface area contributed by atoms with E-state index in [2.05, 4.69) is 35.7 Å². The number of hydrogen-bond donors (Lipinski definition) is 2. The number of quaternary nitrogens is 1. The lowest BCUT2D eigenvalue weighted by Crippen LogP contribution is -3.14. The smallest absolute Gasteiger partial charge is 0.157 e. The summed E-state index contributed by atoms with van der Waals surface area (Å²) in [5, 5.41) is 13.6. The highest BCUT2D eigenvalue weighted by Crippen LogP contribution is 2.31. The van der Waals surface area contributed by atoms with Crippen LogP contribution in [0.5, 0.6) is 0 Å². The highest BCUT2D eigenvalue weighted by atomic mass is 16.5. The van der Waals surface area contributed by atoms with Crippen molar-refractivity contribution in [2.75, 3.05) is 44.7 Å². The Balaban J connectivity index is 1.79. The number of benzene rings is 1. The Morgan fingerprint density at radius 1 is 1.28 bits per heavy atom. The lowest BCUT2D eigenvalue weighted by molar-refractivity contribution is -0.906. The summed E-state index contributed by atoms with van der Waals surface area (Å²) < 4.78 is 7.65. The Labute approximate surface area is 172 Å². The van der Waals surface area contributed by atoms with Gasteiger partial charge in [0.25, 0.3) is 0 Å². The first-order chi connectivity index (χ1) is 14.2. The molecule has 0 atom stereocenters. The van der Waals surface area contributed by atoms with Gasteiger partial charge in [0, 0.05) is 0 Å². The molecule has 2 aromatic heterocycles. The largest absolute Gasteiger partial charge is 0.370 e. The van der Waals surface area contributed by atoms with Gasteiger partial charge >= 0.3 is 0 Å². The number of imidazole rings is 1. The number of para-hydroxylation sites is 2. The molecule has 0 amide bonds. The molecule has 1 aliphatic heterocycles. The summed E-state index contributed by atoms with van der Waals surface area (Å²) in [6, 6.07) is 10.6. The molecule has 152 valence electrons. The van der Waals surface area contributed by atoms with E-state index in [0.717, 1.165) is 86.7 Å². The number of nitriles is 1. The zero-order valence-electron chi connectivity index (χ0n) is 17.4. The van der Waals surface area contributed by atoms with Crippen LogP contribution in [-0.4, -0.2) is 48.8 Å². The first-order valence-electron chi connectivity index (χ1n) is 10.7. The number of morpholine rings is 1. The van der Waals surface area contributed by atoms with Crippen LogP contribution in [-0.2, 0) is 11.2 Å². The van der Waals surface area contributed by atoms with Crippen molar-refractivity contribution >= 4 is 22.5 Å². The average molecular weight is 393 g/mol. The number of unbranched alkanes of at least 4 members (excludes halogenated alkanes) is 1. The van der Waals surface area contributed by atoms with Crippen LogP contribution in [0.2, 0.25) is 0 Å². The molecule has 0 spiro atoms. The summed E-state index contributed by atoms with van der Waals surface area (Å²) in [6.07, 6.45) is 3.20. The summed E-state index contributed by atoms with van der Waals surface area (Å²) in [5.41, 5.74) is 5.74. The third kappa shape index (κ3) is 3.81. The third-order valence-electron chi connectivity index (χ3n) is 5.98. The van der Waals surface area contributed by atoms with Crippen molar-refractivity contribution < 1.29 is 9.64 Å². The molecule has 0 aliphatic carbocycles. The minimum Gasteiger partial charge on any atom is -0.370 e. The fourth-order valence-corrected chi connectivity index (χ4v) is 4.30. The van der Waals surface area contributed by atoms with Gasteiger partial charge in [0.1, 0.15) is 25.0 Å². The van der Waals surface area contributed by atoms with Crippen LogP contribution in [0.3, 0.4) is 0 Å². The van der Waals surface area contributed by atoms with Crippen LogP contribution in [0.1, 0.15) is 36.5 Å². The van der Waals surface area contributed by atoms with E-state index >= 15 is 0 Å². The molecule has 6 heteroatoms. The summed E-state index contributed by atoms with van der Waals surface area (Å²) in [7, 11) is 0. The number of nitrogens with one attached hydrogen (secondary N) is 2. The zero-order chi connectivity index (χ0) is 20.2. The molecule has 1 fully saturated rings. The highest BCUT2D eigenvalue weighted by molar-refractivity contribution is 5.86. The molecular weight excluding hydrogens is 362 g/mol. The van der Waals surface area contributed by atoms with Crippen LogP contribution < -0.4 is 10.2 Å². The molecule has 0 bridgehead atoms. The van der Waals surface area contributed by atoms with E-state index in [1.807, 2.05) is 18.2 Å². The van der Waals surface area contributed by atoms with Gasteiger partial charge in [-0.2, -0.15) is 5.26 Å². The third-order valence-corrected chi connectivity index (χ3v) is 5.98. The quantitative estimate of drug-likeness (QED) is 0.648. The summed E-state index contributed by atoms with van der Waals surface area (Å²) in [6.45, 7) is 10.1. The maximum Gasteiger partial charge on any atom is 0.157 e. The van der Waals surface area contributed by atoms with E-state index in [1.165, 1.54) is 5.56 Å². The van der Waals surface area contributed by atoms with Crippen LogP contribution >= 0.6 is 0 Å². The van der Waals surface area contributed by atoms with Gasteiger partial charge in [-0.3, -0.25) is 4.40 Å². The Bertz CT molecular complexity index is 1040. The molecule has 3 aromatic rings. The monoisotopic (exact) mass is 392 g/mol. The second-order valence-corrected chi connectivity index (χ2v) is 7.84. The molecule has 0 unspecified atom stereocenters. The van der Waals surface area contributed by atoms with E-state index in [-0.39, 0.29) is 0 Å². The predicted molar refractivity (Wildman–Crippen MR) is 116 cm³/mol. The van der Waals surface area contributed by atoms with E-state index in [1.54, 1.807) is 4.90 Å². The molecule has 3 heterocycles. The number of fused-ring (bicyclic) bond motifs is 3. The maximum atomic E-state index is 9.89. The molecule has 2 N–H and O–H groups in total. The molecule has 1 aromatic carbocycles. The van der Waals surface area contributed by atoms with Crippen molar-refractivity contribution in [2.24, 2.45) is 0 Å². The normalized spacial score (nSPS) is 15.1. The van der Waals surface area contributed by atoms with Gasteiger partial charge in [-0.05, 0) is 43.0 Å². The van der Waals surface area contributed by atoms with Crippen molar-refractivity contribution in [3.05, 3.63) is 41.0 Å². The van der Waals surface area contributed by atoms with E-state index in [9.17, 15) is 5.26 Å². The number of nitrogens with zero attached hydrogens (tertiary/aromatic N) is 3. The van der Waals surface area contributed by atoms with E-state index in [0.29, 0.717) is 5.56 Å². The summed E-state index contributed by atoms with van der Waals surface area (Å²) >= 11 is 0. The Morgan fingerprint density at radius 2 is 2.07 bits per heavy atom. The molecule has 0 radical (unpaired) electrons. The van der Waals surface area contributed by atoms with Gasteiger partial charge in [-0.1, -0.05) is 25.5 Å². The fraction of sp³-hybridized carbons (Fsp3) is 0.478. The van der Waals surface area contributed by atoms with E-state index in [4.69, 9.17) is 9.72 Å².